The molecule has 0 aliphatic carbocycles. The highest BCUT2D eigenvalue weighted by molar-refractivity contribution is 4.90. The fourth-order valence-electron chi connectivity index (χ4n) is 3.09. The van der Waals surface area contributed by atoms with Gasteiger partial charge in [0.15, 0.2) is 0 Å². The summed E-state index contributed by atoms with van der Waals surface area (Å²) in [5.74, 6) is 0.937. The van der Waals surface area contributed by atoms with E-state index >= 15 is 0 Å². The Morgan fingerprint density at radius 1 is 1.29 bits per heavy atom. The summed E-state index contributed by atoms with van der Waals surface area (Å²) in [7, 11) is 2.22. The number of hydrogen-bond donors (Lipinski definition) is 1. The normalized spacial score (nSPS) is 32.6. The van der Waals surface area contributed by atoms with E-state index in [1.165, 1.54) is 52.0 Å². The van der Waals surface area contributed by atoms with Crippen LogP contribution in [0.2, 0.25) is 0 Å². The Morgan fingerprint density at radius 2 is 2.06 bits per heavy atom. The van der Waals surface area contributed by atoms with E-state index < -0.39 is 0 Å². The van der Waals surface area contributed by atoms with Gasteiger partial charge in [-0.2, -0.15) is 0 Å². The Kier molecular flexibility index (Phi) is 4.83. The van der Waals surface area contributed by atoms with E-state index in [0.29, 0.717) is 6.04 Å². The Hall–Kier alpha value is -0.120. The number of nitrogens with one attached hydrogen (secondary N) is 1. The van der Waals surface area contributed by atoms with Crippen molar-refractivity contribution in [3.05, 3.63) is 0 Å². The fraction of sp³-hybridized carbons (Fsp3) is 1.00. The molecule has 2 fully saturated rings. The summed E-state index contributed by atoms with van der Waals surface area (Å²) in [6.07, 6.45) is 4.07. The van der Waals surface area contributed by atoms with Crippen molar-refractivity contribution in [1.29, 1.82) is 0 Å². The minimum atomic E-state index is 0.674. The van der Waals surface area contributed by atoms with Crippen molar-refractivity contribution in [2.45, 2.75) is 45.2 Å². The lowest BCUT2D eigenvalue weighted by Gasteiger charge is -2.31. The zero-order chi connectivity index (χ0) is 12.3. The standard InChI is InChI=1S/C14H29N3/c1-12(2)16(3)8-4-7-15-14-6-10-17-9-5-13(14)11-17/h12-15H,4-11H2,1-3H3. The van der Waals surface area contributed by atoms with Crippen LogP contribution in [0.5, 0.6) is 0 Å². The smallest absolute Gasteiger partial charge is 0.0120 e. The van der Waals surface area contributed by atoms with Crippen molar-refractivity contribution in [3.63, 3.8) is 0 Å². The topological polar surface area (TPSA) is 18.5 Å². The first-order chi connectivity index (χ1) is 8.16. The molecule has 3 heteroatoms. The van der Waals surface area contributed by atoms with Gasteiger partial charge in [-0.25, -0.2) is 0 Å². The second kappa shape index (κ2) is 6.17. The van der Waals surface area contributed by atoms with Crippen LogP contribution in [0.25, 0.3) is 0 Å². The lowest BCUT2D eigenvalue weighted by Crippen LogP contribution is -2.44. The van der Waals surface area contributed by atoms with Crippen LogP contribution in [0.4, 0.5) is 0 Å². The van der Waals surface area contributed by atoms with Gasteiger partial charge in [-0.15, -0.1) is 0 Å². The Labute approximate surface area is 107 Å². The number of fused-ring (bicyclic) bond motifs is 2. The molecular weight excluding hydrogens is 210 g/mol. The van der Waals surface area contributed by atoms with E-state index in [2.05, 4.69) is 36.0 Å². The Morgan fingerprint density at radius 3 is 2.82 bits per heavy atom. The lowest BCUT2D eigenvalue weighted by atomic mass is 9.94. The Bertz CT molecular complexity index is 230. The molecule has 2 rings (SSSR count). The van der Waals surface area contributed by atoms with Gasteiger partial charge in [0.1, 0.15) is 0 Å². The van der Waals surface area contributed by atoms with Gasteiger partial charge in [0.05, 0.1) is 0 Å². The van der Waals surface area contributed by atoms with Crippen molar-refractivity contribution in [3.8, 4) is 0 Å². The predicted octanol–water partition coefficient (Wildman–Crippen LogP) is 1.40. The zero-order valence-corrected chi connectivity index (χ0v) is 11.8. The van der Waals surface area contributed by atoms with E-state index in [1.807, 2.05) is 0 Å². The molecule has 2 aliphatic rings. The number of rotatable bonds is 6. The molecule has 0 aromatic rings. The van der Waals surface area contributed by atoms with Gasteiger partial charge >= 0.3 is 0 Å². The predicted molar refractivity (Wildman–Crippen MR) is 73.3 cm³/mol. The van der Waals surface area contributed by atoms with Crippen LogP contribution in [-0.2, 0) is 0 Å². The van der Waals surface area contributed by atoms with E-state index in [1.54, 1.807) is 0 Å². The van der Waals surface area contributed by atoms with Crippen molar-refractivity contribution >= 4 is 0 Å². The van der Waals surface area contributed by atoms with Crippen LogP contribution >= 0.6 is 0 Å². The van der Waals surface area contributed by atoms with E-state index in [9.17, 15) is 0 Å². The van der Waals surface area contributed by atoms with Crippen LogP contribution in [0.3, 0.4) is 0 Å². The molecule has 2 heterocycles. The van der Waals surface area contributed by atoms with Crippen LogP contribution in [-0.4, -0.2) is 61.7 Å². The fourth-order valence-corrected chi connectivity index (χ4v) is 3.09. The molecule has 0 amide bonds. The van der Waals surface area contributed by atoms with Crippen molar-refractivity contribution < 1.29 is 0 Å². The highest BCUT2D eigenvalue weighted by Crippen LogP contribution is 2.26. The average molecular weight is 239 g/mol. The molecule has 0 spiro atoms. The summed E-state index contributed by atoms with van der Waals surface area (Å²) >= 11 is 0. The molecule has 17 heavy (non-hydrogen) atoms. The summed E-state index contributed by atoms with van der Waals surface area (Å²) in [6, 6.07) is 1.48. The van der Waals surface area contributed by atoms with E-state index in [0.717, 1.165) is 12.0 Å². The SMILES string of the molecule is CC(C)N(C)CCCNC1CCN2CCC1C2. The summed E-state index contributed by atoms with van der Waals surface area (Å²) in [5, 5.41) is 3.79. The van der Waals surface area contributed by atoms with E-state index in [4.69, 9.17) is 0 Å². The van der Waals surface area contributed by atoms with Gasteiger partial charge in [0, 0.05) is 18.6 Å². The largest absolute Gasteiger partial charge is 0.314 e. The highest BCUT2D eigenvalue weighted by atomic mass is 15.2. The van der Waals surface area contributed by atoms with Gasteiger partial charge in [-0.05, 0) is 72.3 Å². The molecule has 1 N–H and O–H groups in total. The summed E-state index contributed by atoms with van der Waals surface area (Å²) in [6.45, 7) is 11.0. The molecule has 0 radical (unpaired) electrons. The van der Waals surface area contributed by atoms with Gasteiger partial charge in [-0.1, -0.05) is 0 Å². The maximum absolute atomic E-state index is 3.79. The monoisotopic (exact) mass is 239 g/mol. The second-order valence-corrected chi connectivity index (χ2v) is 6.13. The molecule has 0 aromatic carbocycles. The zero-order valence-electron chi connectivity index (χ0n) is 11.8. The third-order valence-electron chi connectivity index (χ3n) is 4.61. The maximum atomic E-state index is 3.79. The van der Waals surface area contributed by atoms with Gasteiger partial charge in [0.2, 0.25) is 0 Å². The first kappa shape index (κ1) is 13.3. The van der Waals surface area contributed by atoms with Crippen molar-refractivity contribution in [2.75, 3.05) is 39.8 Å². The highest BCUT2D eigenvalue weighted by Gasteiger charge is 2.33. The van der Waals surface area contributed by atoms with Crippen LogP contribution in [0.15, 0.2) is 0 Å². The quantitative estimate of drug-likeness (QED) is 0.707. The molecule has 100 valence electrons. The molecule has 0 saturated carbocycles. The minimum Gasteiger partial charge on any atom is -0.314 e. The van der Waals surface area contributed by atoms with Crippen LogP contribution in [0.1, 0.15) is 33.1 Å². The second-order valence-electron chi connectivity index (χ2n) is 6.13. The van der Waals surface area contributed by atoms with Crippen LogP contribution < -0.4 is 5.32 Å². The lowest BCUT2D eigenvalue weighted by molar-refractivity contribution is 0.216. The first-order valence-corrected chi connectivity index (χ1v) is 7.33. The molecule has 0 aromatic heterocycles. The third kappa shape index (κ3) is 3.67. The molecule has 2 aliphatic heterocycles. The molecule has 3 unspecified atom stereocenters. The third-order valence-corrected chi connectivity index (χ3v) is 4.61. The molecule has 2 bridgehead atoms. The summed E-state index contributed by atoms with van der Waals surface area (Å²) < 4.78 is 0. The first-order valence-electron chi connectivity index (χ1n) is 7.33. The van der Waals surface area contributed by atoms with E-state index in [-0.39, 0.29) is 0 Å². The summed E-state index contributed by atoms with van der Waals surface area (Å²) in [5.41, 5.74) is 0. The number of nitrogens with zero attached hydrogens (tertiary/aromatic N) is 2. The van der Waals surface area contributed by atoms with Gasteiger partial charge in [-0.3, -0.25) is 0 Å². The number of piperidine rings is 1. The minimum absolute atomic E-state index is 0.674. The average Bonchev–Trinajstić information content (AvgIpc) is 2.69. The van der Waals surface area contributed by atoms with Crippen molar-refractivity contribution in [2.24, 2.45) is 5.92 Å². The van der Waals surface area contributed by atoms with Gasteiger partial charge in [0.25, 0.3) is 0 Å². The molecular formula is C14H29N3. The number of hydrogen-bond acceptors (Lipinski definition) is 3. The summed E-state index contributed by atoms with van der Waals surface area (Å²) in [4.78, 5) is 5.05. The maximum Gasteiger partial charge on any atom is 0.0120 e. The van der Waals surface area contributed by atoms with Crippen molar-refractivity contribution in [1.82, 2.24) is 15.1 Å². The molecule has 3 nitrogen and oxygen atoms in total. The van der Waals surface area contributed by atoms with Gasteiger partial charge < -0.3 is 15.1 Å². The van der Waals surface area contributed by atoms with Crippen LogP contribution in [0, 0.1) is 5.92 Å². The Balaban J connectivity index is 1.59. The molecule has 2 saturated heterocycles. The molecule has 3 atom stereocenters.